The molecule has 0 fully saturated rings. The maximum Gasteiger partial charge on any atom is 0.269 e. The van der Waals surface area contributed by atoms with Crippen LogP contribution in [-0.2, 0) is 14.9 Å². The molecule has 0 heterocycles. The average molecular weight is 205 g/mol. The Morgan fingerprint density at radius 1 is 1.54 bits per heavy atom. The van der Waals surface area contributed by atoms with Crippen LogP contribution in [0.5, 0.6) is 0 Å². The van der Waals surface area contributed by atoms with Crippen LogP contribution in [0.1, 0.15) is 0 Å². The van der Waals surface area contributed by atoms with Crippen LogP contribution in [-0.4, -0.2) is 31.2 Å². The summed E-state index contributed by atoms with van der Waals surface area (Å²) < 4.78 is 29.0. The van der Waals surface area contributed by atoms with Gasteiger partial charge in [-0.25, -0.2) is 0 Å². The van der Waals surface area contributed by atoms with E-state index in [1.165, 1.54) is 6.08 Å². The fraction of sp³-hybridized carbons (Fsp3) is 0.286. The molecule has 0 aromatic heterocycles. The minimum Gasteiger partial charge on any atom is -0.349 e. The molecule has 5 nitrogen and oxygen atoms in total. The molecule has 0 radical (unpaired) electrons. The van der Waals surface area contributed by atoms with Crippen molar-refractivity contribution in [3.05, 3.63) is 24.8 Å². The van der Waals surface area contributed by atoms with Crippen molar-refractivity contribution in [3.8, 4) is 0 Å². The molecule has 0 aliphatic heterocycles. The zero-order valence-electron chi connectivity index (χ0n) is 6.99. The third kappa shape index (κ3) is 6.06. The highest BCUT2D eigenvalue weighted by Gasteiger charge is 2.13. The Labute approximate surface area is 76.9 Å². The zero-order valence-corrected chi connectivity index (χ0v) is 7.80. The Morgan fingerprint density at radius 3 is 2.46 bits per heavy atom. The van der Waals surface area contributed by atoms with E-state index in [2.05, 4.69) is 18.5 Å². The maximum atomic E-state index is 10.9. The predicted molar refractivity (Wildman–Crippen MR) is 48.8 cm³/mol. The molecule has 0 aromatic carbocycles. The Morgan fingerprint density at radius 2 is 2.08 bits per heavy atom. The average Bonchev–Trinajstić information content (AvgIpc) is 1.96. The van der Waals surface area contributed by atoms with Gasteiger partial charge in [-0.1, -0.05) is 12.7 Å². The number of carbonyl (C=O) groups excluding carboxylic acids is 1. The number of nitrogens with one attached hydrogen (secondary N) is 1. The molecule has 0 aliphatic rings. The summed E-state index contributed by atoms with van der Waals surface area (Å²) in [7, 11) is -4.18. The minimum atomic E-state index is -4.18. The van der Waals surface area contributed by atoms with E-state index in [9.17, 15) is 13.2 Å². The third-order valence-electron chi connectivity index (χ3n) is 1.08. The van der Waals surface area contributed by atoms with Gasteiger partial charge >= 0.3 is 0 Å². The first-order chi connectivity index (χ1) is 5.87. The molecular formula is C7H11NO4S. The molecule has 0 aliphatic carbocycles. The van der Waals surface area contributed by atoms with E-state index >= 15 is 0 Å². The highest BCUT2D eigenvalue weighted by molar-refractivity contribution is 7.86. The van der Waals surface area contributed by atoms with E-state index in [0.29, 0.717) is 0 Å². The second-order valence-corrected chi connectivity index (χ2v) is 3.78. The second-order valence-electron chi connectivity index (χ2n) is 2.33. The predicted octanol–water partition coefficient (Wildman–Crippen LogP) is -0.267. The van der Waals surface area contributed by atoms with Gasteiger partial charge in [-0.3, -0.25) is 9.35 Å². The summed E-state index contributed by atoms with van der Waals surface area (Å²) in [6, 6.07) is 0. The van der Waals surface area contributed by atoms with Crippen LogP contribution < -0.4 is 5.32 Å². The zero-order chi connectivity index (χ0) is 10.5. The van der Waals surface area contributed by atoms with Crippen LogP contribution in [0, 0.1) is 0 Å². The second kappa shape index (κ2) is 4.78. The van der Waals surface area contributed by atoms with E-state index in [0.717, 1.165) is 0 Å². The molecule has 0 bridgehead atoms. The van der Waals surface area contributed by atoms with Crippen LogP contribution in [0.3, 0.4) is 0 Å². The molecule has 0 spiro atoms. The lowest BCUT2D eigenvalue weighted by Gasteiger charge is -2.03. The summed E-state index contributed by atoms with van der Waals surface area (Å²) in [6.07, 6.45) is 1.44. The number of carbonyl (C=O) groups is 1. The molecule has 0 saturated heterocycles. The number of amides is 1. The fourth-order valence-electron chi connectivity index (χ4n) is 0.576. The van der Waals surface area contributed by atoms with Gasteiger partial charge in [0.25, 0.3) is 10.1 Å². The Hall–Kier alpha value is -1.14. The molecule has 0 unspecified atom stereocenters. The minimum absolute atomic E-state index is 0.204. The van der Waals surface area contributed by atoms with Crippen LogP contribution in [0.15, 0.2) is 24.8 Å². The number of rotatable bonds is 5. The first-order valence-electron chi connectivity index (χ1n) is 3.39. The normalized spacial score (nSPS) is 10.5. The summed E-state index contributed by atoms with van der Waals surface area (Å²) in [5, 5.41) is 2.32. The first-order valence-corrected chi connectivity index (χ1v) is 5.00. The molecule has 1 amide bonds. The molecule has 0 atom stereocenters. The largest absolute Gasteiger partial charge is 0.349 e. The Balaban J connectivity index is 4.13. The van der Waals surface area contributed by atoms with E-state index in [-0.39, 0.29) is 12.1 Å². The summed E-state index contributed by atoms with van der Waals surface area (Å²) in [5.74, 6) is -1.37. The monoisotopic (exact) mass is 205 g/mol. The quantitative estimate of drug-likeness (QED) is 0.368. The SMILES string of the molecule is C=CCNC(=O)C(=C)CS(=O)(=O)O. The standard InChI is InChI=1S/C7H11NO4S/c1-3-4-8-7(9)6(2)5-13(10,11)12/h3H,1-2,4-5H2,(H,8,9)(H,10,11,12). The summed E-state index contributed by atoms with van der Waals surface area (Å²) in [5.41, 5.74) is -0.204. The van der Waals surface area contributed by atoms with E-state index in [4.69, 9.17) is 4.55 Å². The van der Waals surface area contributed by atoms with E-state index in [1.54, 1.807) is 0 Å². The van der Waals surface area contributed by atoms with Crippen molar-refractivity contribution in [1.82, 2.24) is 5.32 Å². The molecule has 2 N–H and O–H groups in total. The lowest BCUT2D eigenvalue weighted by atomic mass is 10.3. The molecule has 13 heavy (non-hydrogen) atoms. The van der Waals surface area contributed by atoms with Gasteiger partial charge in [0.2, 0.25) is 5.91 Å². The highest BCUT2D eigenvalue weighted by atomic mass is 32.2. The Kier molecular flexibility index (Phi) is 4.36. The van der Waals surface area contributed by atoms with Gasteiger partial charge in [0, 0.05) is 12.1 Å². The Bertz CT molecular complexity index is 317. The van der Waals surface area contributed by atoms with Gasteiger partial charge in [-0.15, -0.1) is 6.58 Å². The smallest absolute Gasteiger partial charge is 0.269 e. The van der Waals surface area contributed by atoms with E-state index < -0.39 is 21.8 Å². The molecule has 6 heteroatoms. The topological polar surface area (TPSA) is 83.5 Å². The number of hydrogen-bond donors (Lipinski definition) is 2. The van der Waals surface area contributed by atoms with Crippen molar-refractivity contribution < 1.29 is 17.8 Å². The van der Waals surface area contributed by atoms with E-state index in [1.807, 2.05) is 0 Å². The summed E-state index contributed by atoms with van der Waals surface area (Å²) in [6.45, 7) is 6.79. The summed E-state index contributed by atoms with van der Waals surface area (Å²) in [4.78, 5) is 10.9. The van der Waals surface area contributed by atoms with Gasteiger partial charge in [0.05, 0.1) is 0 Å². The number of hydrogen-bond acceptors (Lipinski definition) is 3. The van der Waals surface area contributed by atoms with Crippen molar-refractivity contribution in [3.63, 3.8) is 0 Å². The first kappa shape index (κ1) is 11.9. The van der Waals surface area contributed by atoms with Crippen LogP contribution >= 0.6 is 0 Å². The molecule has 0 rings (SSSR count). The van der Waals surface area contributed by atoms with Gasteiger partial charge in [-0.2, -0.15) is 8.42 Å². The molecular weight excluding hydrogens is 194 g/mol. The fourth-order valence-corrected chi connectivity index (χ4v) is 1.15. The van der Waals surface area contributed by atoms with Crippen LogP contribution in [0.2, 0.25) is 0 Å². The van der Waals surface area contributed by atoms with Gasteiger partial charge in [0.1, 0.15) is 5.75 Å². The lowest BCUT2D eigenvalue weighted by molar-refractivity contribution is -0.117. The molecule has 0 aromatic rings. The molecule has 74 valence electrons. The highest BCUT2D eigenvalue weighted by Crippen LogP contribution is 1.95. The van der Waals surface area contributed by atoms with Crippen LogP contribution in [0.25, 0.3) is 0 Å². The van der Waals surface area contributed by atoms with Crippen LogP contribution in [0.4, 0.5) is 0 Å². The van der Waals surface area contributed by atoms with Crippen molar-refractivity contribution in [2.75, 3.05) is 12.3 Å². The summed E-state index contributed by atoms with van der Waals surface area (Å²) >= 11 is 0. The maximum absolute atomic E-state index is 10.9. The van der Waals surface area contributed by atoms with Gasteiger partial charge < -0.3 is 5.32 Å². The molecule has 0 saturated carbocycles. The van der Waals surface area contributed by atoms with Crippen molar-refractivity contribution in [2.45, 2.75) is 0 Å². The van der Waals surface area contributed by atoms with Gasteiger partial charge in [-0.05, 0) is 0 Å². The van der Waals surface area contributed by atoms with Crippen molar-refractivity contribution in [1.29, 1.82) is 0 Å². The van der Waals surface area contributed by atoms with Crippen molar-refractivity contribution in [2.24, 2.45) is 0 Å². The van der Waals surface area contributed by atoms with Gasteiger partial charge in [0.15, 0.2) is 0 Å². The lowest BCUT2D eigenvalue weighted by Crippen LogP contribution is -2.27. The third-order valence-corrected chi connectivity index (χ3v) is 1.80. The van der Waals surface area contributed by atoms with Crippen molar-refractivity contribution >= 4 is 16.0 Å².